The van der Waals surface area contributed by atoms with Crippen molar-refractivity contribution < 1.29 is 18.4 Å². The number of carbonyl (C=O) groups excluding carboxylic acids is 2. The molecule has 3 rings (SSSR count). The van der Waals surface area contributed by atoms with Crippen molar-refractivity contribution in [1.29, 1.82) is 0 Å². The standard InChI is InChI=1S/C24H26FN3O3/c1-3-16(2)24(30)28-20-6-4-5-17(13-20)14-26-22(29)11-12-23-27-15-21(31-23)18-7-9-19(25)10-8-18/h4-10,13,15-16H,3,11-12,14H2,1-2H3,(H,26,29)(H,28,30). The number of aromatic nitrogens is 1. The largest absolute Gasteiger partial charge is 0.441 e. The molecule has 2 amide bonds. The summed E-state index contributed by atoms with van der Waals surface area (Å²) in [6.45, 7) is 4.21. The van der Waals surface area contributed by atoms with Crippen LogP contribution in [0.1, 0.15) is 38.1 Å². The van der Waals surface area contributed by atoms with E-state index in [1.807, 2.05) is 38.1 Å². The number of rotatable bonds is 9. The van der Waals surface area contributed by atoms with Crippen molar-refractivity contribution in [1.82, 2.24) is 10.3 Å². The van der Waals surface area contributed by atoms with Gasteiger partial charge in [0, 0.05) is 36.6 Å². The molecule has 0 saturated heterocycles. The van der Waals surface area contributed by atoms with Gasteiger partial charge in [-0.25, -0.2) is 9.37 Å². The summed E-state index contributed by atoms with van der Waals surface area (Å²) in [5.41, 5.74) is 2.33. The molecule has 0 radical (unpaired) electrons. The number of nitrogens with zero attached hydrogens (tertiary/aromatic N) is 1. The summed E-state index contributed by atoms with van der Waals surface area (Å²) in [5.74, 6) is 0.465. The fraction of sp³-hybridized carbons (Fsp3) is 0.292. The topological polar surface area (TPSA) is 84.2 Å². The molecule has 0 bridgehead atoms. The molecule has 1 atom stereocenters. The van der Waals surface area contributed by atoms with Crippen LogP contribution in [0.5, 0.6) is 0 Å². The van der Waals surface area contributed by atoms with Gasteiger partial charge in [-0.15, -0.1) is 0 Å². The first-order valence-electron chi connectivity index (χ1n) is 10.3. The van der Waals surface area contributed by atoms with Crippen LogP contribution in [-0.2, 0) is 22.6 Å². The summed E-state index contributed by atoms with van der Waals surface area (Å²) in [4.78, 5) is 28.4. The van der Waals surface area contributed by atoms with Gasteiger partial charge < -0.3 is 15.1 Å². The van der Waals surface area contributed by atoms with Gasteiger partial charge in [-0.3, -0.25) is 9.59 Å². The fourth-order valence-corrected chi connectivity index (χ4v) is 2.89. The van der Waals surface area contributed by atoms with Crippen molar-refractivity contribution in [2.24, 2.45) is 5.92 Å². The first-order chi connectivity index (χ1) is 14.9. The number of carbonyl (C=O) groups is 2. The van der Waals surface area contributed by atoms with Crippen molar-refractivity contribution >= 4 is 17.5 Å². The van der Waals surface area contributed by atoms with Crippen LogP contribution >= 0.6 is 0 Å². The number of anilines is 1. The quantitative estimate of drug-likeness (QED) is 0.522. The molecule has 1 heterocycles. The number of hydrogen-bond acceptors (Lipinski definition) is 4. The number of oxazole rings is 1. The van der Waals surface area contributed by atoms with Gasteiger partial charge in [0.25, 0.3) is 0 Å². The lowest BCUT2D eigenvalue weighted by molar-refractivity contribution is -0.121. The average molecular weight is 423 g/mol. The lowest BCUT2D eigenvalue weighted by Crippen LogP contribution is -2.23. The van der Waals surface area contributed by atoms with E-state index in [0.717, 1.165) is 17.5 Å². The lowest BCUT2D eigenvalue weighted by atomic mass is 10.1. The van der Waals surface area contributed by atoms with E-state index < -0.39 is 0 Å². The van der Waals surface area contributed by atoms with Crippen LogP contribution in [0.15, 0.2) is 59.1 Å². The van der Waals surface area contributed by atoms with Crippen LogP contribution in [0.25, 0.3) is 11.3 Å². The minimum absolute atomic E-state index is 0.0189. The Balaban J connectivity index is 1.47. The van der Waals surface area contributed by atoms with Crippen LogP contribution in [0.3, 0.4) is 0 Å². The van der Waals surface area contributed by atoms with Gasteiger partial charge in [0.2, 0.25) is 11.8 Å². The highest BCUT2D eigenvalue weighted by Crippen LogP contribution is 2.21. The summed E-state index contributed by atoms with van der Waals surface area (Å²) in [5, 5.41) is 5.76. The highest BCUT2D eigenvalue weighted by Gasteiger charge is 2.11. The van der Waals surface area contributed by atoms with Crippen molar-refractivity contribution in [3.8, 4) is 11.3 Å². The zero-order valence-corrected chi connectivity index (χ0v) is 17.7. The van der Waals surface area contributed by atoms with Crippen molar-refractivity contribution in [2.75, 3.05) is 5.32 Å². The molecule has 6 nitrogen and oxygen atoms in total. The summed E-state index contributed by atoms with van der Waals surface area (Å²) in [7, 11) is 0. The van der Waals surface area contributed by atoms with Gasteiger partial charge in [-0.2, -0.15) is 0 Å². The smallest absolute Gasteiger partial charge is 0.227 e. The predicted molar refractivity (Wildman–Crippen MR) is 117 cm³/mol. The number of nitrogens with one attached hydrogen (secondary N) is 2. The van der Waals surface area contributed by atoms with E-state index in [0.29, 0.717) is 30.3 Å². The molecule has 1 unspecified atom stereocenters. The summed E-state index contributed by atoms with van der Waals surface area (Å²) in [6, 6.07) is 13.4. The Hall–Kier alpha value is -3.48. The van der Waals surface area contributed by atoms with E-state index in [4.69, 9.17) is 4.42 Å². The van der Waals surface area contributed by atoms with E-state index >= 15 is 0 Å². The second-order valence-corrected chi connectivity index (χ2v) is 7.40. The molecule has 2 aromatic carbocycles. The molecule has 2 N–H and O–H groups in total. The van der Waals surface area contributed by atoms with Crippen molar-refractivity contribution in [2.45, 2.75) is 39.7 Å². The second kappa shape index (κ2) is 10.5. The van der Waals surface area contributed by atoms with Crippen LogP contribution in [0.4, 0.5) is 10.1 Å². The number of aryl methyl sites for hydroxylation is 1. The second-order valence-electron chi connectivity index (χ2n) is 7.40. The van der Waals surface area contributed by atoms with E-state index in [1.54, 1.807) is 18.3 Å². The Bertz CT molecular complexity index is 1030. The molecule has 0 aliphatic rings. The monoisotopic (exact) mass is 423 g/mol. The minimum Gasteiger partial charge on any atom is -0.441 e. The molecule has 7 heteroatoms. The maximum absolute atomic E-state index is 13.0. The van der Waals surface area contributed by atoms with Gasteiger partial charge >= 0.3 is 0 Å². The predicted octanol–water partition coefficient (Wildman–Crippen LogP) is 4.71. The van der Waals surface area contributed by atoms with E-state index in [2.05, 4.69) is 15.6 Å². The third-order valence-corrected chi connectivity index (χ3v) is 4.99. The Morgan fingerprint density at radius 1 is 1.16 bits per heavy atom. The van der Waals surface area contributed by atoms with Gasteiger partial charge in [-0.1, -0.05) is 26.0 Å². The molecular weight excluding hydrogens is 397 g/mol. The molecule has 0 spiro atoms. The van der Waals surface area contributed by atoms with E-state index in [1.165, 1.54) is 12.1 Å². The Kier molecular flexibility index (Phi) is 7.54. The third kappa shape index (κ3) is 6.50. The maximum Gasteiger partial charge on any atom is 0.227 e. The molecular formula is C24H26FN3O3. The van der Waals surface area contributed by atoms with Gasteiger partial charge in [0.1, 0.15) is 5.82 Å². The first-order valence-corrected chi connectivity index (χ1v) is 10.3. The highest BCUT2D eigenvalue weighted by atomic mass is 19.1. The fourth-order valence-electron chi connectivity index (χ4n) is 2.89. The zero-order valence-electron chi connectivity index (χ0n) is 17.7. The third-order valence-electron chi connectivity index (χ3n) is 4.99. The number of halogens is 1. The Morgan fingerprint density at radius 2 is 1.94 bits per heavy atom. The van der Waals surface area contributed by atoms with Gasteiger partial charge in [0.05, 0.1) is 6.20 Å². The molecule has 3 aromatic rings. The van der Waals surface area contributed by atoms with Gasteiger partial charge in [-0.05, 0) is 48.4 Å². The van der Waals surface area contributed by atoms with Crippen LogP contribution < -0.4 is 10.6 Å². The van der Waals surface area contributed by atoms with Crippen LogP contribution in [0, 0.1) is 11.7 Å². The SMILES string of the molecule is CCC(C)C(=O)Nc1cccc(CNC(=O)CCc2ncc(-c3ccc(F)cc3)o2)c1. The molecule has 0 aliphatic heterocycles. The van der Waals surface area contributed by atoms with Crippen LogP contribution in [0.2, 0.25) is 0 Å². The number of benzene rings is 2. The summed E-state index contributed by atoms with van der Waals surface area (Å²) in [6.07, 6.45) is 2.93. The highest BCUT2D eigenvalue weighted by molar-refractivity contribution is 5.92. The molecule has 162 valence electrons. The molecule has 0 saturated carbocycles. The van der Waals surface area contributed by atoms with E-state index in [-0.39, 0.29) is 30.0 Å². The summed E-state index contributed by atoms with van der Waals surface area (Å²) < 4.78 is 18.7. The average Bonchev–Trinajstić information content (AvgIpc) is 3.25. The number of amides is 2. The molecule has 0 fully saturated rings. The molecule has 1 aromatic heterocycles. The first kappa shape index (κ1) is 22.2. The maximum atomic E-state index is 13.0. The molecule has 31 heavy (non-hydrogen) atoms. The van der Waals surface area contributed by atoms with Crippen molar-refractivity contribution in [3.63, 3.8) is 0 Å². The lowest BCUT2D eigenvalue weighted by Gasteiger charge is -2.11. The Morgan fingerprint density at radius 3 is 2.68 bits per heavy atom. The number of hydrogen-bond donors (Lipinski definition) is 2. The summed E-state index contributed by atoms with van der Waals surface area (Å²) >= 11 is 0. The minimum atomic E-state index is -0.316. The Labute approximate surface area is 180 Å². The van der Waals surface area contributed by atoms with Crippen LogP contribution in [-0.4, -0.2) is 16.8 Å². The van der Waals surface area contributed by atoms with E-state index in [9.17, 15) is 14.0 Å². The normalized spacial score (nSPS) is 11.7. The van der Waals surface area contributed by atoms with Crippen molar-refractivity contribution in [3.05, 3.63) is 72.0 Å². The molecule has 0 aliphatic carbocycles. The zero-order chi connectivity index (χ0) is 22.2. The van der Waals surface area contributed by atoms with Gasteiger partial charge in [0.15, 0.2) is 11.7 Å².